The van der Waals surface area contributed by atoms with Crippen LogP contribution in [-0.4, -0.2) is 19.9 Å². The van der Waals surface area contributed by atoms with Crippen molar-refractivity contribution in [1.82, 2.24) is 19.9 Å². The fraction of sp³-hybridized carbons (Fsp3) is 0. The highest BCUT2D eigenvalue weighted by Gasteiger charge is 2.18. The summed E-state index contributed by atoms with van der Waals surface area (Å²) in [6.07, 6.45) is 3.78. The summed E-state index contributed by atoms with van der Waals surface area (Å²) in [5.74, 6) is 0. The normalized spacial score (nSPS) is 11.9. The summed E-state index contributed by atoms with van der Waals surface area (Å²) < 4.78 is 0. The van der Waals surface area contributed by atoms with Gasteiger partial charge in [0.05, 0.1) is 33.5 Å². The molecule has 0 aliphatic rings. The molecular weight excluding hydrogens is 681 g/mol. The van der Waals surface area contributed by atoms with Gasteiger partial charge in [-0.2, -0.15) is 0 Å². The van der Waals surface area contributed by atoms with Crippen molar-refractivity contribution in [2.24, 2.45) is 0 Å². The Morgan fingerprint density at radius 2 is 0.804 bits per heavy atom. The monoisotopic (exact) mass is 710 g/mol. The van der Waals surface area contributed by atoms with Crippen molar-refractivity contribution in [1.29, 1.82) is 0 Å². The number of nitrogens with zero attached hydrogens (tertiary/aromatic N) is 4. The van der Waals surface area contributed by atoms with Gasteiger partial charge in [-0.25, -0.2) is 9.97 Å². The lowest BCUT2D eigenvalue weighted by Crippen LogP contribution is -1.93. The van der Waals surface area contributed by atoms with Gasteiger partial charge in [-0.3, -0.25) is 9.97 Å². The van der Waals surface area contributed by atoms with Crippen LogP contribution in [0.15, 0.2) is 182 Å². The minimum atomic E-state index is 0.944. The van der Waals surface area contributed by atoms with Crippen LogP contribution in [0.2, 0.25) is 0 Å². The van der Waals surface area contributed by atoms with Crippen molar-refractivity contribution in [3.63, 3.8) is 0 Å². The number of aromatic nitrogens is 4. The number of benzene rings is 8. The van der Waals surface area contributed by atoms with Gasteiger partial charge in [-0.05, 0) is 52.2 Å². The minimum absolute atomic E-state index is 0.944. The van der Waals surface area contributed by atoms with Crippen molar-refractivity contribution in [2.45, 2.75) is 0 Å². The molecule has 0 fully saturated rings. The van der Waals surface area contributed by atoms with Gasteiger partial charge >= 0.3 is 0 Å². The SMILES string of the molecule is c1ccc(-c2nc3cc(-c4cccc(-c5nc6ccccc6c6c5ccc5ccc7cccnc7c56)c4)ccc3c3c2ccc2ccc4cccnc4c23)cc1. The van der Waals surface area contributed by atoms with E-state index in [1.165, 1.54) is 21.5 Å². The molecule has 56 heavy (non-hydrogen) atoms. The van der Waals surface area contributed by atoms with E-state index in [9.17, 15) is 0 Å². The van der Waals surface area contributed by atoms with E-state index in [4.69, 9.17) is 19.9 Å². The molecule has 0 aliphatic heterocycles. The molecule has 4 heteroatoms. The topological polar surface area (TPSA) is 51.6 Å². The standard InChI is InChI=1S/C52H30N4/c1-2-9-33(10-3-1)49-41-25-21-32-18-20-35-14-8-28-54-52(35)46(32)48(41)40-24-23-37(30-44(40)56-49)36-11-6-12-38(29-36)50-42-26-22-31-17-19-34-13-7-27-53-51(34)45(31)47(42)39-15-4-5-16-43(39)55-50/h1-30H. The number of para-hydroxylation sites is 1. The summed E-state index contributed by atoms with van der Waals surface area (Å²) in [4.78, 5) is 20.6. The Labute approximate surface area is 321 Å². The average molecular weight is 711 g/mol. The number of rotatable bonds is 3. The quantitative estimate of drug-likeness (QED) is 0.171. The van der Waals surface area contributed by atoms with Gasteiger partial charge in [0.25, 0.3) is 0 Å². The van der Waals surface area contributed by atoms with E-state index in [1.54, 1.807) is 0 Å². The van der Waals surface area contributed by atoms with E-state index < -0.39 is 0 Å². The summed E-state index contributed by atoms with van der Waals surface area (Å²) in [5.41, 5.74) is 10.2. The third-order valence-electron chi connectivity index (χ3n) is 11.4. The van der Waals surface area contributed by atoms with Crippen LogP contribution in [0.5, 0.6) is 0 Å². The second kappa shape index (κ2) is 12.0. The molecule has 12 rings (SSSR count). The Kier molecular flexibility index (Phi) is 6.60. The van der Waals surface area contributed by atoms with Gasteiger partial charge in [-0.15, -0.1) is 0 Å². The lowest BCUT2D eigenvalue weighted by Gasteiger charge is -2.15. The molecule has 0 unspecified atom stereocenters. The minimum Gasteiger partial charge on any atom is -0.256 e. The first-order valence-corrected chi connectivity index (χ1v) is 19.0. The molecule has 0 radical (unpaired) electrons. The number of pyridine rings is 4. The summed E-state index contributed by atoms with van der Waals surface area (Å²) in [6.45, 7) is 0. The van der Waals surface area contributed by atoms with Gasteiger partial charge < -0.3 is 0 Å². The van der Waals surface area contributed by atoms with Crippen LogP contribution in [0.4, 0.5) is 0 Å². The lowest BCUT2D eigenvalue weighted by atomic mass is 9.91. The maximum Gasteiger partial charge on any atom is 0.0788 e. The van der Waals surface area contributed by atoms with Crippen LogP contribution in [-0.2, 0) is 0 Å². The molecule has 0 saturated carbocycles. The highest BCUT2D eigenvalue weighted by Crippen LogP contribution is 2.42. The largest absolute Gasteiger partial charge is 0.256 e. The molecule has 258 valence electrons. The van der Waals surface area contributed by atoms with Crippen molar-refractivity contribution in [2.75, 3.05) is 0 Å². The molecule has 0 atom stereocenters. The van der Waals surface area contributed by atoms with E-state index >= 15 is 0 Å². The first-order valence-electron chi connectivity index (χ1n) is 19.0. The number of hydrogen-bond donors (Lipinski definition) is 0. The smallest absolute Gasteiger partial charge is 0.0788 e. The van der Waals surface area contributed by atoms with Crippen molar-refractivity contribution < 1.29 is 0 Å². The van der Waals surface area contributed by atoms with Crippen LogP contribution in [0.25, 0.3) is 120 Å². The molecule has 12 aromatic rings. The van der Waals surface area contributed by atoms with Crippen LogP contribution in [0.3, 0.4) is 0 Å². The van der Waals surface area contributed by atoms with Crippen molar-refractivity contribution in [3.8, 4) is 33.6 Å². The fourth-order valence-corrected chi connectivity index (χ4v) is 8.90. The Balaban J connectivity index is 1.10. The van der Waals surface area contributed by atoms with Crippen molar-refractivity contribution >= 4 is 86.7 Å². The molecular formula is C52H30N4. The van der Waals surface area contributed by atoms with Crippen LogP contribution < -0.4 is 0 Å². The first kappa shape index (κ1) is 30.9. The zero-order valence-corrected chi connectivity index (χ0v) is 30.1. The van der Waals surface area contributed by atoms with E-state index in [-0.39, 0.29) is 0 Å². The van der Waals surface area contributed by atoms with Crippen LogP contribution >= 0.6 is 0 Å². The van der Waals surface area contributed by atoms with Gasteiger partial charge in [0.2, 0.25) is 0 Å². The molecule has 0 spiro atoms. The Morgan fingerprint density at radius 1 is 0.286 bits per heavy atom. The van der Waals surface area contributed by atoms with E-state index in [0.717, 1.165) is 98.8 Å². The second-order valence-electron chi connectivity index (χ2n) is 14.6. The third kappa shape index (κ3) is 4.60. The molecule has 0 amide bonds. The summed E-state index contributed by atoms with van der Waals surface area (Å²) in [6, 6.07) is 60.4. The molecule has 4 nitrogen and oxygen atoms in total. The zero-order chi connectivity index (χ0) is 36.7. The summed E-state index contributed by atoms with van der Waals surface area (Å²) in [5, 5.41) is 13.7. The zero-order valence-electron chi connectivity index (χ0n) is 30.1. The van der Waals surface area contributed by atoms with E-state index in [0.29, 0.717) is 0 Å². The number of hydrogen-bond acceptors (Lipinski definition) is 4. The van der Waals surface area contributed by atoms with Crippen molar-refractivity contribution in [3.05, 3.63) is 182 Å². The highest BCUT2D eigenvalue weighted by molar-refractivity contribution is 6.29. The Hall–Kier alpha value is -7.56. The second-order valence-corrected chi connectivity index (χ2v) is 14.6. The predicted molar refractivity (Wildman–Crippen MR) is 234 cm³/mol. The molecule has 8 aromatic carbocycles. The lowest BCUT2D eigenvalue weighted by molar-refractivity contribution is 1.42. The molecule has 0 N–H and O–H groups in total. The van der Waals surface area contributed by atoms with Crippen LogP contribution in [0.1, 0.15) is 0 Å². The molecule has 0 saturated heterocycles. The average Bonchev–Trinajstić information content (AvgIpc) is 3.27. The molecule has 0 bridgehead atoms. The fourth-order valence-electron chi connectivity index (χ4n) is 8.90. The predicted octanol–water partition coefficient (Wildman–Crippen LogP) is 13.5. The maximum absolute atomic E-state index is 5.42. The van der Waals surface area contributed by atoms with Gasteiger partial charge in [0.15, 0.2) is 0 Å². The van der Waals surface area contributed by atoms with Crippen LogP contribution in [0, 0.1) is 0 Å². The highest BCUT2D eigenvalue weighted by atomic mass is 14.7. The molecule has 4 aromatic heterocycles. The first-order chi connectivity index (χ1) is 27.8. The molecule has 0 aliphatic carbocycles. The van der Waals surface area contributed by atoms with E-state index in [1.807, 2.05) is 24.5 Å². The van der Waals surface area contributed by atoms with E-state index in [2.05, 4.69) is 158 Å². The summed E-state index contributed by atoms with van der Waals surface area (Å²) >= 11 is 0. The van der Waals surface area contributed by atoms with Gasteiger partial charge in [0.1, 0.15) is 0 Å². The Morgan fingerprint density at radius 3 is 1.52 bits per heavy atom. The van der Waals surface area contributed by atoms with Gasteiger partial charge in [-0.1, -0.05) is 140 Å². The van der Waals surface area contributed by atoms with Gasteiger partial charge in [0, 0.05) is 77.4 Å². The summed E-state index contributed by atoms with van der Waals surface area (Å²) in [7, 11) is 0. The maximum atomic E-state index is 5.42. The number of fused-ring (bicyclic) bond motifs is 14. The third-order valence-corrected chi connectivity index (χ3v) is 11.4. The Bertz CT molecular complexity index is 3590. The molecule has 4 heterocycles.